The van der Waals surface area contributed by atoms with Gasteiger partial charge in [0, 0.05) is 6.61 Å². The van der Waals surface area contributed by atoms with Crippen LogP contribution < -0.4 is 0 Å². The van der Waals surface area contributed by atoms with E-state index in [2.05, 4.69) is 16.7 Å². The summed E-state index contributed by atoms with van der Waals surface area (Å²) >= 11 is 11.3. The van der Waals surface area contributed by atoms with Crippen molar-refractivity contribution in [3.63, 3.8) is 0 Å². The number of ether oxygens (including phenoxy) is 2. The molecule has 0 saturated heterocycles. The van der Waals surface area contributed by atoms with Gasteiger partial charge in [-0.2, -0.15) is 4.99 Å². The highest BCUT2D eigenvalue weighted by molar-refractivity contribution is 6.65. The highest BCUT2D eigenvalue weighted by Gasteiger charge is 2.02. The largest absolute Gasteiger partial charge is 0.474 e. The fourth-order valence-electron chi connectivity index (χ4n) is 0.670. The van der Waals surface area contributed by atoms with E-state index in [0.29, 0.717) is 24.9 Å². The van der Waals surface area contributed by atoms with Crippen LogP contribution in [0.1, 0.15) is 13.8 Å². The van der Waals surface area contributed by atoms with E-state index in [0.717, 1.165) is 0 Å². The van der Waals surface area contributed by atoms with Crippen LogP contribution in [0.15, 0.2) is 20.9 Å². The lowest BCUT2D eigenvalue weighted by Gasteiger charge is -2.06. The Labute approximate surface area is 99.6 Å². The van der Waals surface area contributed by atoms with Crippen LogP contribution in [0.5, 0.6) is 0 Å². The van der Waals surface area contributed by atoms with E-state index in [-0.39, 0.29) is 11.2 Å². The molecular formula is C9H14Cl2N2O2. The summed E-state index contributed by atoms with van der Waals surface area (Å²) in [5.41, 5.74) is 0. The van der Waals surface area contributed by atoms with Gasteiger partial charge in [-0.15, -0.1) is 0 Å². The van der Waals surface area contributed by atoms with Crippen molar-refractivity contribution < 1.29 is 9.47 Å². The third-order valence-electron chi connectivity index (χ3n) is 1.29. The number of rotatable bonds is 6. The summed E-state index contributed by atoms with van der Waals surface area (Å²) in [6, 6.07) is 0. The maximum absolute atomic E-state index is 5.74. The zero-order chi connectivity index (χ0) is 11.7. The zero-order valence-corrected chi connectivity index (χ0v) is 10.3. The molecular weight excluding hydrogens is 239 g/mol. The molecule has 4 nitrogen and oxygen atoms in total. The summed E-state index contributed by atoms with van der Waals surface area (Å²) in [6.07, 6.45) is 0. The van der Waals surface area contributed by atoms with Crippen LogP contribution in [-0.4, -0.2) is 31.8 Å². The Morgan fingerprint density at radius 3 is 2.47 bits per heavy atom. The average Bonchev–Trinajstić information content (AvgIpc) is 2.21. The first kappa shape index (κ1) is 14.4. The number of hydrogen-bond donors (Lipinski definition) is 0. The molecule has 0 aromatic rings. The molecule has 0 N–H and O–H groups in total. The number of amidine groups is 1. The lowest BCUT2D eigenvalue weighted by atomic mass is 10.6. The molecule has 0 aliphatic heterocycles. The lowest BCUT2D eigenvalue weighted by Crippen LogP contribution is -2.04. The first-order valence-electron chi connectivity index (χ1n) is 4.39. The summed E-state index contributed by atoms with van der Waals surface area (Å²) in [7, 11) is 0. The first-order chi connectivity index (χ1) is 7.11. The van der Waals surface area contributed by atoms with Gasteiger partial charge in [0.25, 0.3) is 0 Å². The fraction of sp³-hybridized carbons (Fsp3) is 0.556. The smallest absolute Gasteiger partial charge is 0.230 e. The Morgan fingerprint density at radius 2 is 2.00 bits per heavy atom. The molecule has 0 amide bonds. The summed E-state index contributed by atoms with van der Waals surface area (Å²) in [6.45, 7) is 8.24. The number of halogens is 2. The molecule has 0 rings (SSSR count). The second-order valence-corrected chi connectivity index (χ2v) is 3.33. The minimum absolute atomic E-state index is 0.0126. The molecule has 15 heavy (non-hydrogen) atoms. The number of allylic oxidation sites excluding steroid dienone is 1. The van der Waals surface area contributed by atoms with Crippen LogP contribution >= 0.6 is 23.2 Å². The number of hydrogen-bond acceptors (Lipinski definition) is 3. The van der Waals surface area contributed by atoms with E-state index < -0.39 is 0 Å². The maximum Gasteiger partial charge on any atom is 0.230 e. The summed E-state index contributed by atoms with van der Waals surface area (Å²) in [5.74, 6) is 0.230. The topological polar surface area (TPSA) is 43.2 Å². The predicted molar refractivity (Wildman–Crippen MR) is 63.8 cm³/mol. The van der Waals surface area contributed by atoms with Crippen LogP contribution in [0.2, 0.25) is 0 Å². The van der Waals surface area contributed by atoms with Crippen molar-refractivity contribution in [2.75, 3.05) is 19.8 Å². The molecule has 0 radical (unpaired) electrons. The van der Waals surface area contributed by atoms with Crippen molar-refractivity contribution in [1.82, 2.24) is 0 Å². The molecule has 86 valence electrons. The van der Waals surface area contributed by atoms with E-state index >= 15 is 0 Å². The monoisotopic (exact) mass is 252 g/mol. The van der Waals surface area contributed by atoms with Crippen molar-refractivity contribution in [3.8, 4) is 0 Å². The van der Waals surface area contributed by atoms with E-state index in [1.807, 2.05) is 6.92 Å². The van der Waals surface area contributed by atoms with Gasteiger partial charge >= 0.3 is 0 Å². The zero-order valence-electron chi connectivity index (χ0n) is 8.80. The average molecular weight is 253 g/mol. The molecule has 0 heterocycles. The molecule has 0 aromatic heterocycles. The number of aliphatic imine (C=N–C) groups is 2. The van der Waals surface area contributed by atoms with E-state index in [9.17, 15) is 0 Å². The van der Waals surface area contributed by atoms with Gasteiger partial charge < -0.3 is 9.47 Å². The highest BCUT2D eigenvalue weighted by atomic mass is 35.5. The SMILES string of the molecule is C=NC(Cl)=N/C(OCCOCC)=C(\C)Cl. The highest BCUT2D eigenvalue weighted by Crippen LogP contribution is 2.12. The van der Waals surface area contributed by atoms with Crippen LogP contribution in [0.3, 0.4) is 0 Å². The molecule has 0 aliphatic carbocycles. The summed E-state index contributed by atoms with van der Waals surface area (Å²) < 4.78 is 10.3. The Balaban J connectivity index is 4.21. The normalized spacial score (nSPS) is 13.5. The van der Waals surface area contributed by atoms with Crippen LogP contribution in [0.4, 0.5) is 0 Å². The maximum atomic E-state index is 5.74. The fourth-order valence-corrected chi connectivity index (χ4v) is 0.843. The molecule has 0 unspecified atom stereocenters. The minimum atomic E-state index is -0.0126. The Hall–Kier alpha value is -0.580. The van der Waals surface area contributed by atoms with Gasteiger partial charge in [0.2, 0.25) is 11.2 Å². The Kier molecular flexibility index (Phi) is 8.37. The standard InChI is InChI=1S/C9H14Cl2N2O2/c1-4-14-5-6-15-8(7(2)10)13-9(11)12-3/h3-6H2,1-2H3/b8-7-,13-9?. The molecule has 0 bridgehead atoms. The van der Waals surface area contributed by atoms with E-state index in [4.69, 9.17) is 32.7 Å². The molecule has 0 aromatic carbocycles. The molecule has 0 saturated carbocycles. The van der Waals surface area contributed by atoms with Gasteiger partial charge in [0.15, 0.2) is 0 Å². The second kappa shape index (κ2) is 8.71. The van der Waals surface area contributed by atoms with Gasteiger partial charge in [-0.05, 0) is 32.2 Å². The molecule has 0 atom stereocenters. The van der Waals surface area contributed by atoms with Crippen molar-refractivity contribution in [2.24, 2.45) is 9.98 Å². The van der Waals surface area contributed by atoms with Crippen molar-refractivity contribution in [3.05, 3.63) is 10.9 Å². The van der Waals surface area contributed by atoms with Crippen LogP contribution in [0.25, 0.3) is 0 Å². The Morgan fingerprint density at radius 1 is 1.33 bits per heavy atom. The van der Waals surface area contributed by atoms with Gasteiger partial charge in [-0.1, -0.05) is 11.6 Å². The van der Waals surface area contributed by atoms with Gasteiger partial charge in [0.05, 0.1) is 11.6 Å². The van der Waals surface area contributed by atoms with Crippen molar-refractivity contribution in [2.45, 2.75) is 13.8 Å². The quantitative estimate of drug-likeness (QED) is 0.240. The van der Waals surface area contributed by atoms with E-state index in [1.54, 1.807) is 6.92 Å². The van der Waals surface area contributed by atoms with Crippen molar-refractivity contribution >= 4 is 35.2 Å². The second-order valence-electron chi connectivity index (χ2n) is 2.42. The predicted octanol–water partition coefficient (Wildman–Crippen LogP) is 2.76. The summed E-state index contributed by atoms with van der Waals surface area (Å²) in [5, 5.41) is 0.384. The summed E-state index contributed by atoms with van der Waals surface area (Å²) in [4.78, 5) is 7.23. The van der Waals surface area contributed by atoms with E-state index in [1.165, 1.54) is 0 Å². The van der Waals surface area contributed by atoms with Gasteiger partial charge in [-0.3, -0.25) is 0 Å². The lowest BCUT2D eigenvalue weighted by molar-refractivity contribution is 0.0822. The third kappa shape index (κ3) is 7.36. The van der Waals surface area contributed by atoms with Crippen LogP contribution in [0, 0.1) is 0 Å². The van der Waals surface area contributed by atoms with Gasteiger partial charge in [-0.25, -0.2) is 4.99 Å². The third-order valence-corrected chi connectivity index (χ3v) is 1.66. The van der Waals surface area contributed by atoms with Gasteiger partial charge in [0.1, 0.15) is 6.61 Å². The molecule has 0 aliphatic rings. The molecule has 0 spiro atoms. The molecule has 0 fully saturated rings. The number of nitrogens with zero attached hydrogens (tertiary/aromatic N) is 2. The molecule has 6 heteroatoms. The Bertz CT molecular complexity index is 261. The van der Waals surface area contributed by atoms with Crippen molar-refractivity contribution in [1.29, 1.82) is 0 Å². The first-order valence-corrected chi connectivity index (χ1v) is 5.15. The van der Waals surface area contributed by atoms with Crippen LogP contribution in [-0.2, 0) is 9.47 Å². The minimum Gasteiger partial charge on any atom is -0.474 e.